The van der Waals surface area contributed by atoms with Gasteiger partial charge in [-0.15, -0.1) is 0 Å². The van der Waals surface area contributed by atoms with Crippen molar-refractivity contribution in [3.05, 3.63) is 107 Å². The number of rotatable bonds is 1. The van der Waals surface area contributed by atoms with Crippen LogP contribution in [-0.4, -0.2) is 0 Å². The van der Waals surface area contributed by atoms with Gasteiger partial charge in [0.15, 0.2) is 0 Å². The maximum atomic E-state index is 2.40. The fraction of sp³-hybridized carbons (Fsp3) is 0.143. The van der Waals surface area contributed by atoms with E-state index in [1.807, 2.05) is 0 Å². The molecule has 0 bridgehead atoms. The molecule has 0 unspecified atom stereocenters. The van der Waals surface area contributed by atoms with Crippen molar-refractivity contribution >= 4 is 0 Å². The van der Waals surface area contributed by atoms with Gasteiger partial charge in [-0.25, -0.2) is 0 Å². The highest BCUT2D eigenvalue weighted by molar-refractivity contribution is 5.92. The van der Waals surface area contributed by atoms with Crippen LogP contribution in [0.3, 0.4) is 0 Å². The zero-order chi connectivity index (χ0) is 19.1. The van der Waals surface area contributed by atoms with Gasteiger partial charge in [0.1, 0.15) is 0 Å². The molecule has 0 heterocycles. The molecular formula is C28H24. The first-order chi connectivity index (χ1) is 13.7. The van der Waals surface area contributed by atoms with E-state index in [2.05, 4.69) is 98.8 Å². The van der Waals surface area contributed by atoms with E-state index in [1.165, 1.54) is 55.6 Å². The maximum Gasteiger partial charge on any atom is -0.00936 e. The number of hydrogen-bond acceptors (Lipinski definition) is 0. The van der Waals surface area contributed by atoms with Gasteiger partial charge in [0.25, 0.3) is 0 Å². The molecule has 1 aliphatic rings. The summed E-state index contributed by atoms with van der Waals surface area (Å²) in [5.41, 5.74) is 13.8. The normalized spacial score (nSPS) is 12.4. The second kappa shape index (κ2) is 6.80. The summed E-state index contributed by atoms with van der Waals surface area (Å²) in [7, 11) is 0. The predicted octanol–water partition coefficient (Wildman–Crippen LogP) is 7.40. The maximum absolute atomic E-state index is 2.40. The molecule has 0 spiro atoms. The quantitative estimate of drug-likeness (QED) is 0.332. The third-order valence-electron chi connectivity index (χ3n) is 6.05. The fourth-order valence-electron chi connectivity index (χ4n) is 4.69. The van der Waals surface area contributed by atoms with Crippen LogP contribution in [0.2, 0.25) is 0 Å². The highest BCUT2D eigenvalue weighted by Crippen LogP contribution is 2.43. The molecule has 4 aromatic carbocycles. The Balaban J connectivity index is 1.86. The van der Waals surface area contributed by atoms with Crippen molar-refractivity contribution in [2.24, 2.45) is 0 Å². The molecule has 0 amide bonds. The Labute approximate surface area is 167 Å². The minimum absolute atomic E-state index is 1.09. The van der Waals surface area contributed by atoms with Gasteiger partial charge in [0.05, 0.1) is 0 Å². The van der Waals surface area contributed by atoms with Gasteiger partial charge >= 0.3 is 0 Å². The zero-order valence-electron chi connectivity index (χ0n) is 16.5. The van der Waals surface area contributed by atoms with Crippen LogP contribution in [0.15, 0.2) is 84.9 Å². The van der Waals surface area contributed by atoms with Gasteiger partial charge in [-0.2, -0.15) is 0 Å². The average Bonchev–Trinajstić information content (AvgIpc) is 2.71. The van der Waals surface area contributed by atoms with Crippen molar-refractivity contribution in [3.8, 4) is 33.4 Å². The Hall–Kier alpha value is -3.12. The van der Waals surface area contributed by atoms with E-state index in [9.17, 15) is 0 Å². The Kier molecular flexibility index (Phi) is 4.13. The molecule has 136 valence electrons. The molecule has 5 rings (SSSR count). The number of fused-ring (bicyclic) bond motifs is 5. The summed E-state index contributed by atoms with van der Waals surface area (Å²) in [6, 6.07) is 31.2. The predicted molar refractivity (Wildman–Crippen MR) is 120 cm³/mol. The van der Waals surface area contributed by atoms with E-state index in [0.29, 0.717) is 0 Å². The van der Waals surface area contributed by atoms with E-state index in [4.69, 9.17) is 0 Å². The Bertz CT molecular complexity index is 1170. The molecule has 0 radical (unpaired) electrons. The summed E-state index contributed by atoms with van der Waals surface area (Å²) >= 11 is 0. The standard InChI is InChI=1S/C28H24/c1-19-8-6-12-22-14-15-23-13-7-9-20(2)28(23)26-18-24(16-17-25(26)27(19)22)21-10-4-3-5-11-21/h3-13,16-18H,14-15H2,1-2H3. The lowest BCUT2D eigenvalue weighted by Crippen LogP contribution is -2.04. The molecule has 0 aromatic heterocycles. The van der Waals surface area contributed by atoms with E-state index >= 15 is 0 Å². The van der Waals surface area contributed by atoms with E-state index in [0.717, 1.165) is 12.8 Å². The lowest BCUT2D eigenvalue weighted by atomic mass is 9.80. The highest BCUT2D eigenvalue weighted by atomic mass is 14.2. The number of aryl methyl sites for hydroxylation is 4. The van der Waals surface area contributed by atoms with Gasteiger partial charge in [-0.1, -0.05) is 78.9 Å². The molecule has 0 aliphatic heterocycles. The molecule has 0 atom stereocenters. The third-order valence-corrected chi connectivity index (χ3v) is 6.05. The van der Waals surface area contributed by atoms with Crippen molar-refractivity contribution in [3.63, 3.8) is 0 Å². The Morgan fingerprint density at radius 2 is 1.11 bits per heavy atom. The third kappa shape index (κ3) is 2.77. The summed E-state index contributed by atoms with van der Waals surface area (Å²) in [6.07, 6.45) is 2.18. The average molecular weight is 361 g/mol. The SMILES string of the molecule is Cc1cccc2c1-c1ccc(-c3ccccc3)cc1-c1c(C)cccc1CC2. The van der Waals surface area contributed by atoms with Crippen LogP contribution in [0, 0.1) is 13.8 Å². The van der Waals surface area contributed by atoms with Gasteiger partial charge < -0.3 is 0 Å². The van der Waals surface area contributed by atoms with Crippen molar-refractivity contribution in [1.82, 2.24) is 0 Å². The monoisotopic (exact) mass is 360 g/mol. The molecule has 28 heavy (non-hydrogen) atoms. The summed E-state index contributed by atoms with van der Waals surface area (Å²) in [5.74, 6) is 0. The lowest BCUT2D eigenvalue weighted by molar-refractivity contribution is 0.956. The summed E-state index contributed by atoms with van der Waals surface area (Å²) in [5, 5.41) is 0. The highest BCUT2D eigenvalue weighted by Gasteiger charge is 2.20. The smallest absolute Gasteiger partial charge is 0.00936 e. The van der Waals surface area contributed by atoms with Crippen LogP contribution in [0.4, 0.5) is 0 Å². The van der Waals surface area contributed by atoms with Crippen LogP contribution in [-0.2, 0) is 12.8 Å². The Morgan fingerprint density at radius 1 is 0.500 bits per heavy atom. The lowest BCUT2D eigenvalue weighted by Gasteiger charge is -2.24. The van der Waals surface area contributed by atoms with Crippen LogP contribution in [0.25, 0.3) is 33.4 Å². The van der Waals surface area contributed by atoms with Crippen molar-refractivity contribution < 1.29 is 0 Å². The Morgan fingerprint density at radius 3 is 1.75 bits per heavy atom. The molecule has 0 fully saturated rings. The van der Waals surface area contributed by atoms with Crippen LogP contribution < -0.4 is 0 Å². The van der Waals surface area contributed by atoms with Crippen molar-refractivity contribution in [2.75, 3.05) is 0 Å². The second-order valence-electron chi connectivity index (χ2n) is 7.84. The van der Waals surface area contributed by atoms with E-state index in [1.54, 1.807) is 0 Å². The summed E-state index contributed by atoms with van der Waals surface area (Å²) < 4.78 is 0. The van der Waals surface area contributed by atoms with Gasteiger partial charge in [0, 0.05) is 0 Å². The first-order valence-corrected chi connectivity index (χ1v) is 10.1. The van der Waals surface area contributed by atoms with Crippen LogP contribution in [0.5, 0.6) is 0 Å². The number of hydrogen-bond donors (Lipinski definition) is 0. The summed E-state index contributed by atoms with van der Waals surface area (Å²) in [4.78, 5) is 0. The molecule has 4 aromatic rings. The molecule has 0 nitrogen and oxygen atoms in total. The van der Waals surface area contributed by atoms with Gasteiger partial charge in [-0.3, -0.25) is 0 Å². The molecule has 0 N–H and O–H groups in total. The minimum Gasteiger partial charge on any atom is -0.0622 e. The zero-order valence-corrected chi connectivity index (χ0v) is 16.5. The van der Waals surface area contributed by atoms with Crippen LogP contribution in [0.1, 0.15) is 22.3 Å². The van der Waals surface area contributed by atoms with Crippen molar-refractivity contribution in [2.45, 2.75) is 26.7 Å². The molecule has 0 saturated carbocycles. The van der Waals surface area contributed by atoms with Crippen LogP contribution >= 0.6 is 0 Å². The van der Waals surface area contributed by atoms with Gasteiger partial charge in [0.2, 0.25) is 0 Å². The minimum atomic E-state index is 1.09. The first kappa shape index (κ1) is 17.0. The second-order valence-corrected chi connectivity index (χ2v) is 7.84. The van der Waals surface area contributed by atoms with Gasteiger partial charge in [-0.05, 0) is 88.4 Å². The largest absolute Gasteiger partial charge is 0.0622 e. The molecule has 1 aliphatic carbocycles. The van der Waals surface area contributed by atoms with E-state index < -0.39 is 0 Å². The summed E-state index contributed by atoms with van der Waals surface area (Å²) in [6.45, 7) is 4.49. The first-order valence-electron chi connectivity index (χ1n) is 10.1. The van der Waals surface area contributed by atoms with Crippen molar-refractivity contribution in [1.29, 1.82) is 0 Å². The molecule has 0 saturated heterocycles. The molecular weight excluding hydrogens is 336 g/mol. The van der Waals surface area contributed by atoms with E-state index in [-0.39, 0.29) is 0 Å². The number of benzene rings is 4. The fourth-order valence-corrected chi connectivity index (χ4v) is 4.69. The topological polar surface area (TPSA) is 0 Å². The molecule has 0 heteroatoms.